The van der Waals surface area contributed by atoms with Crippen molar-refractivity contribution in [3.63, 3.8) is 0 Å². The molecule has 0 amide bonds. The van der Waals surface area contributed by atoms with Gasteiger partial charge in [-0.05, 0) is 42.5 Å². The van der Waals surface area contributed by atoms with Crippen LogP contribution in [0.2, 0.25) is 0 Å². The minimum absolute atomic E-state index is 0.00233. The molecule has 0 spiro atoms. The third-order valence-electron chi connectivity index (χ3n) is 2.46. The molecule has 0 aliphatic heterocycles. The molecule has 0 saturated carbocycles. The fraction of sp³-hybridized carbons (Fsp3) is 0.0714. The van der Waals surface area contributed by atoms with E-state index < -0.39 is 11.7 Å². The maximum absolute atomic E-state index is 13.0. The summed E-state index contributed by atoms with van der Waals surface area (Å²) < 4.78 is 39.9. The zero-order chi connectivity index (χ0) is 14.8. The minimum atomic E-state index is -4.48. The largest absolute Gasteiger partial charge is 0.417 e. The SMILES string of the molecule is N#Cc1ccc(Sc2ccc(Br)cc2)c(C(F)(F)F)c1. The zero-order valence-electron chi connectivity index (χ0n) is 9.91. The summed E-state index contributed by atoms with van der Waals surface area (Å²) >= 11 is 4.29. The Hall–Kier alpha value is -1.45. The van der Waals surface area contributed by atoms with Gasteiger partial charge in [-0.3, -0.25) is 0 Å². The fourth-order valence-electron chi connectivity index (χ4n) is 1.54. The van der Waals surface area contributed by atoms with Crippen LogP contribution < -0.4 is 0 Å². The summed E-state index contributed by atoms with van der Waals surface area (Å²) in [7, 11) is 0. The quantitative estimate of drug-likeness (QED) is 0.709. The van der Waals surface area contributed by atoms with Crippen molar-refractivity contribution >= 4 is 27.7 Å². The molecule has 0 heterocycles. The van der Waals surface area contributed by atoms with E-state index in [-0.39, 0.29) is 10.5 Å². The number of alkyl halides is 3. The predicted octanol–water partition coefficient (Wildman–Crippen LogP) is 5.49. The molecule has 0 atom stereocenters. The molecule has 0 aromatic heterocycles. The smallest absolute Gasteiger partial charge is 0.192 e. The summed E-state index contributed by atoms with van der Waals surface area (Å²) in [5, 5.41) is 8.71. The molecular formula is C14H7BrF3NS. The monoisotopic (exact) mass is 357 g/mol. The summed E-state index contributed by atoms with van der Waals surface area (Å²) in [6.07, 6.45) is -4.48. The van der Waals surface area contributed by atoms with E-state index >= 15 is 0 Å². The summed E-state index contributed by atoms with van der Waals surface area (Å²) in [5.41, 5.74) is -0.790. The standard InChI is InChI=1S/C14H7BrF3NS/c15-10-2-4-11(5-3-10)20-13-6-1-9(8-19)7-12(13)14(16,17)18/h1-7H. The number of nitriles is 1. The van der Waals surface area contributed by atoms with E-state index in [1.807, 2.05) is 0 Å². The molecular weight excluding hydrogens is 351 g/mol. The molecule has 0 unspecified atom stereocenters. The Balaban J connectivity index is 2.41. The van der Waals surface area contributed by atoms with E-state index in [2.05, 4.69) is 15.9 Å². The normalized spacial score (nSPS) is 11.2. The van der Waals surface area contributed by atoms with Crippen molar-refractivity contribution in [1.82, 2.24) is 0 Å². The van der Waals surface area contributed by atoms with Crippen molar-refractivity contribution in [2.24, 2.45) is 0 Å². The van der Waals surface area contributed by atoms with Crippen LogP contribution in [0.4, 0.5) is 13.2 Å². The molecule has 2 rings (SSSR count). The van der Waals surface area contributed by atoms with E-state index in [4.69, 9.17) is 5.26 Å². The lowest BCUT2D eigenvalue weighted by molar-refractivity contribution is -0.139. The molecule has 0 aliphatic carbocycles. The fourth-order valence-corrected chi connectivity index (χ4v) is 2.75. The van der Waals surface area contributed by atoms with E-state index in [9.17, 15) is 13.2 Å². The van der Waals surface area contributed by atoms with Gasteiger partial charge in [0.1, 0.15) is 0 Å². The third kappa shape index (κ3) is 3.56. The van der Waals surface area contributed by atoms with Gasteiger partial charge in [0.25, 0.3) is 0 Å². The van der Waals surface area contributed by atoms with Crippen LogP contribution in [0.1, 0.15) is 11.1 Å². The van der Waals surface area contributed by atoms with Crippen LogP contribution in [0.3, 0.4) is 0 Å². The third-order valence-corrected chi connectivity index (χ3v) is 4.07. The van der Waals surface area contributed by atoms with Crippen LogP contribution >= 0.6 is 27.7 Å². The summed E-state index contributed by atoms with van der Waals surface area (Å²) in [6, 6.07) is 12.3. The van der Waals surface area contributed by atoms with Gasteiger partial charge in [0.2, 0.25) is 0 Å². The van der Waals surface area contributed by atoms with Crippen LogP contribution in [-0.2, 0) is 6.18 Å². The first-order valence-corrected chi connectivity index (χ1v) is 7.06. The first-order valence-electron chi connectivity index (χ1n) is 5.45. The molecule has 0 fully saturated rings. The number of benzene rings is 2. The lowest BCUT2D eigenvalue weighted by atomic mass is 10.1. The first-order chi connectivity index (χ1) is 9.40. The van der Waals surface area contributed by atoms with Crippen molar-refractivity contribution in [2.75, 3.05) is 0 Å². The van der Waals surface area contributed by atoms with Gasteiger partial charge in [-0.15, -0.1) is 0 Å². The number of nitrogens with zero attached hydrogens (tertiary/aromatic N) is 1. The number of rotatable bonds is 2. The molecule has 0 saturated heterocycles. The van der Waals surface area contributed by atoms with Crippen molar-refractivity contribution in [1.29, 1.82) is 5.26 Å². The van der Waals surface area contributed by atoms with Gasteiger partial charge in [0.05, 0.1) is 17.2 Å². The van der Waals surface area contributed by atoms with Crippen molar-refractivity contribution < 1.29 is 13.2 Å². The van der Waals surface area contributed by atoms with Crippen LogP contribution in [-0.4, -0.2) is 0 Å². The lowest BCUT2D eigenvalue weighted by Crippen LogP contribution is -2.07. The lowest BCUT2D eigenvalue weighted by Gasteiger charge is -2.12. The second kappa shape index (κ2) is 5.90. The summed E-state index contributed by atoms with van der Waals surface area (Å²) in [4.78, 5) is 0.780. The molecule has 6 heteroatoms. The first kappa shape index (κ1) is 14.9. The van der Waals surface area contributed by atoms with Gasteiger partial charge in [-0.2, -0.15) is 18.4 Å². The van der Waals surface area contributed by atoms with E-state index in [1.54, 1.807) is 30.3 Å². The van der Waals surface area contributed by atoms with Gasteiger partial charge >= 0.3 is 6.18 Å². The van der Waals surface area contributed by atoms with Gasteiger partial charge in [0, 0.05) is 14.3 Å². The van der Waals surface area contributed by atoms with Gasteiger partial charge in [-0.25, -0.2) is 0 Å². The Morgan fingerprint density at radius 3 is 2.25 bits per heavy atom. The van der Waals surface area contributed by atoms with Crippen LogP contribution in [0.5, 0.6) is 0 Å². The zero-order valence-corrected chi connectivity index (χ0v) is 12.3. The van der Waals surface area contributed by atoms with Crippen molar-refractivity contribution in [2.45, 2.75) is 16.0 Å². The second-order valence-electron chi connectivity index (χ2n) is 3.88. The van der Waals surface area contributed by atoms with Gasteiger partial charge in [0.15, 0.2) is 0 Å². The van der Waals surface area contributed by atoms with Crippen LogP contribution in [0, 0.1) is 11.3 Å². The Kier molecular flexibility index (Phi) is 4.41. The van der Waals surface area contributed by atoms with E-state index in [0.29, 0.717) is 4.90 Å². The Morgan fingerprint density at radius 2 is 1.70 bits per heavy atom. The summed E-state index contributed by atoms with van der Waals surface area (Å²) in [5.74, 6) is 0. The van der Waals surface area contributed by atoms with Crippen molar-refractivity contribution in [3.05, 3.63) is 58.1 Å². The minimum Gasteiger partial charge on any atom is -0.192 e. The molecule has 102 valence electrons. The molecule has 0 N–H and O–H groups in total. The number of hydrogen-bond donors (Lipinski definition) is 0. The van der Waals surface area contributed by atoms with Crippen LogP contribution in [0.25, 0.3) is 0 Å². The highest BCUT2D eigenvalue weighted by atomic mass is 79.9. The molecule has 2 aromatic carbocycles. The molecule has 1 nitrogen and oxygen atoms in total. The van der Waals surface area contributed by atoms with Gasteiger partial charge in [-0.1, -0.05) is 27.7 Å². The molecule has 0 bridgehead atoms. The van der Waals surface area contributed by atoms with E-state index in [1.165, 1.54) is 12.1 Å². The Bertz CT molecular complexity index is 660. The highest BCUT2D eigenvalue weighted by Gasteiger charge is 2.34. The van der Waals surface area contributed by atoms with Crippen molar-refractivity contribution in [3.8, 4) is 6.07 Å². The molecule has 0 aliphatic rings. The van der Waals surface area contributed by atoms with Crippen LogP contribution in [0.15, 0.2) is 56.7 Å². The second-order valence-corrected chi connectivity index (χ2v) is 5.91. The highest BCUT2D eigenvalue weighted by Crippen LogP contribution is 2.40. The van der Waals surface area contributed by atoms with E-state index in [0.717, 1.165) is 22.3 Å². The molecule has 0 radical (unpaired) electrons. The molecule has 2 aromatic rings. The maximum atomic E-state index is 13.0. The van der Waals surface area contributed by atoms with Gasteiger partial charge < -0.3 is 0 Å². The topological polar surface area (TPSA) is 23.8 Å². The average molecular weight is 358 g/mol. The average Bonchev–Trinajstić information content (AvgIpc) is 2.40. The number of hydrogen-bond acceptors (Lipinski definition) is 2. The number of halogens is 4. The highest BCUT2D eigenvalue weighted by molar-refractivity contribution is 9.10. The summed E-state index contributed by atoms with van der Waals surface area (Å²) in [6.45, 7) is 0. The Labute approximate surface area is 126 Å². The predicted molar refractivity (Wildman–Crippen MR) is 74.4 cm³/mol. The maximum Gasteiger partial charge on any atom is 0.417 e. The molecule has 20 heavy (non-hydrogen) atoms. The Morgan fingerprint density at radius 1 is 1.05 bits per heavy atom.